The number of carboxylic acid groups (broad SMARTS) is 1. The zero-order chi connectivity index (χ0) is 13.0. The summed E-state index contributed by atoms with van der Waals surface area (Å²) in [4.78, 5) is 16.5. The number of carboxylic acids is 1. The van der Waals surface area contributed by atoms with Gasteiger partial charge in [-0.3, -0.25) is 4.98 Å². The van der Waals surface area contributed by atoms with E-state index in [-0.39, 0.29) is 5.56 Å². The van der Waals surface area contributed by atoms with Crippen molar-refractivity contribution in [2.45, 2.75) is 11.8 Å². The molecule has 0 aliphatic rings. The molecule has 0 fully saturated rings. The molecule has 0 aliphatic heterocycles. The molecule has 0 saturated heterocycles. The number of pyridine rings is 1. The summed E-state index contributed by atoms with van der Waals surface area (Å²) < 4.78 is 0. The molecule has 0 aliphatic carbocycles. The van der Waals surface area contributed by atoms with Crippen molar-refractivity contribution in [2.24, 2.45) is 0 Å². The fourth-order valence-electron chi connectivity index (χ4n) is 1.68. The average molecular weight is 259 g/mol. The number of thioether (sulfide) groups is 1. The Bertz CT molecular complexity index is 552. The summed E-state index contributed by atoms with van der Waals surface area (Å²) in [7, 11) is 0. The van der Waals surface area contributed by atoms with E-state index in [0.717, 1.165) is 11.3 Å². The number of aromatic nitrogens is 1. The van der Waals surface area contributed by atoms with Crippen LogP contribution in [-0.2, 0) is 0 Å². The highest BCUT2D eigenvalue weighted by atomic mass is 32.2. The molecule has 0 spiro atoms. The van der Waals surface area contributed by atoms with Crippen LogP contribution in [0, 0.1) is 0 Å². The van der Waals surface area contributed by atoms with E-state index in [0.29, 0.717) is 5.69 Å². The first kappa shape index (κ1) is 12.6. The monoisotopic (exact) mass is 259 g/mol. The Hall–Kier alpha value is -1.81. The van der Waals surface area contributed by atoms with Crippen LogP contribution in [0.1, 0.15) is 17.3 Å². The first-order chi connectivity index (χ1) is 8.72. The van der Waals surface area contributed by atoms with Gasteiger partial charge in [-0.05, 0) is 30.0 Å². The minimum Gasteiger partial charge on any atom is -0.478 e. The Morgan fingerprint density at radius 1 is 1.28 bits per heavy atom. The lowest BCUT2D eigenvalue weighted by Crippen LogP contribution is -2.00. The number of nitrogens with zero attached hydrogens (tertiary/aromatic N) is 1. The van der Waals surface area contributed by atoms with E-state index < -0.39 is 5.97 Å². The predicted octanol–water partition coefficient (Wildman–Crippen LogP) is 3.56. The second-order valence-electron chi connectivity index (χ2n) is 3.66. The minimum absolute atomic E-state index is 0.230. The third-order valence-corrected chi connectivity index (χ3v) is 3.37. The van der Waals surface area contributed by atoms with Crippen molar-refractivity contribution in [3.05, 3.63) is 48.2 Å². The number of benzene rings is 1. The lowest BCUT2D eigenvalue weighted by Gasteiger charge is -2.05. The van der Waals surface area contributed by atoms with Gasteiger partial charge in [-0.2, -0.15) is 0 Å². The van der Waals surface area contributed by atoms with Crippen LogP contribution in [0.25, 0.3) is 11.3 Å². The quantitative estimate of drug-likeness (QED) is 0.853. The van der Waals surface area contributed by atoms with E-state index in [2.05, 4.69) is 11.9 Å². The molecule has 1 aromatic heterocycles. The van der Waals surface area contributed by atoms with Crippen LogP contribution in [0.15, 0.2) is 47.5 Å². The van der Waals surface area contributed by atoms with Crippen molar-refractivity contribution >= 4 is 17.7 Å². The second kappa shape index (κ2) is 5.69. The molecule has 1 aromatic carbocycles. The van der Waals surface area contributed by atoms with Crippen molar-refractivity contribution < 1.29 is 9.90 Å². The number of hydrogen-bond acceptors (Lipinski definition) is 3. The molecule has 0 atom stereocenters. The minimum atomic E-state index is -0.954. The molecule has 2 aromatic rings. The molecular formula is C14H13NO2S. The summed E-state index contributed by atoms with van der Waals surface area (Å²) >= 11 is 1.75. The summed E-state index contributed by atoms with van der Waals surface area (Å²) in [6.45, 7) is 2.10. The van der Waals surface area contributed by atoms with Gasteiger partial charge in [0.25, 0.3) is 0 Å². The van der Waals surface area contributed by atoms with Crippen molar-refractivity contribution in [3.8, 4) is 11.3 Å². The van der Waals surface area contributed by atoms with Crippen LogP contribution in [0.4, 0.5) is 0 Å². The van der Waals surface area contributed by atoms with Crippen LogP contribution in [0.2, 0.25) is 0 Å². The Morgan fingerprint density at radius 2 is 2.00 bits per heavy atom. The van der Waals surface area contributed by atoms with Crippen LogP contribution in [0.3, 0.4) is 0 Å². The van der Waals surface area contributed by atoms with Gasteiger partial charge < -0.3 is 5.11 Å². The first-order valence-electron chi connectivity index (χ1n) is 5.64. The van der Waals surface area contributed by atoms with Gasteiger partial charge >= 0.3 is 5.97 Å². The molecule has 92 valence electrons. The average Bonchev–Trinajstić information content (AvgIpc) is 2.40. The van der Waals surface area contributed by atoms with Crippen LogP contribution in [0.5, 0.6) is 0 Å². The van der Waals surface area contributed by atoms with Gasteiger partial charge in [-0.15, -0.1) is 11.8 Å². The van der Waals surface area contributed by atoms with Crippen molar-refractivity contribution in [3.63, 3.8) is 0 Å². The van der Waals surface area contributed by atoms with Crippen molar-refractivity contribution in [2.75, 3.05) is 5.75 Å². The van der Waals surface area contributed by atoms with Gasteiger partial charge in [0.2, 0.25) is 0 Å². The molecule has 0 bridgehead atoms. The zero-order valence-corrected chi connectivity index (χ0v) is 10.8. The largest absolute Gasteiger partial charge is 0.478 e. The van der Waals surface area contributed by atoms with E-state index >= 15 is 0 Å². The van der Waals surface area contributed by atoms with Gasteiger partial charge in [0.15, 0.2) is 0 Å². The van der Waals surface area contributed by atoms with E-state index in [1.807, 2.05) is 24.3 Å². The number of aromatic carboxylic acids is 1. The standard InChI is InChI=1S/C14H13NO2S/c1-2-18-11-7-5-10(6-8-11)13-12(14(16)17)4-3-9-15-13/h3-9H,2H2,1H3,(H,16,17). The Balaban J connectivity index is 2.39. The van der Waals surface area contributed by atoms with Crippen molar-refractivity contribution in [1.82, 2.24) is 4.98 Å². The maximum absolute atomic E-state index is 11.1. The summed E-state index contributed by atoms with van der Waals surface area (Å²) in [5.74, 6) is 0.0636. The molecule has 1 N–H and O–H groups in total. The van der Waals surface area contributed by atoms with E-state index in [1.54, 1.807) is 30.1 Å². The van der Waals surface area contributed by atoms with Gasteiger partial charge in [0, 0.05) is 16.7 Å². The Labute approximate surface area is 110 Å². The number of hydrogen-bond donors (Lipinski definition) is 1. The lowest BCUT2D eigenvalue weighted by molar-refractivity contribution is 0.0697. The van der Waals surface area contributed by atoms with E-state index in [9.17, 15) is 4.79 Å². The molecule has 4 heteroatoms. The number of rotatable bonds is 4. The SMILES string of the molecule is CCSc1ccc(-c2ncccc2C(=O)O)cc1. The molecular weight excluding hydrogens is 246 g/mol. The second-order valence-corrected chi connectivity index (χ2v) is 5.00. The maximum atomic E-state index is 11.1. The topological polar surface area (TPSA) is 50.2 Å². The molecule has 0 radical (unpaired) electrons. The van der Waals surface area contributed by atoms with Crippen molar-refractivity contribution in [1.29, 1.82) is 0 Å². The third-order valence-electron chi connectivity index (χ3n) is 2.48. The molecule has 18 heavy (non-hydrogen) atoms. The number of carbonyl (C=O) groups is 1. The lowest BCUT2D eigenvalue weighted by atomic mass is 10.1. The van der Waals surface area contributed by atoms with E-state index in [1.165, 1.54) is 4.90 Å². The van der Waals surface area contributed by atoms with Crippen LogP contribution in [-0.4, -0.2) is 21.8 Å². The zero-order valence-electron chi connectivity index (χ0n) is 9.96. The van der Waals surface area contributed by atoms with Gasteiger partial charge in [0.1, 0.15) is 0 Å². The van der Waals surface area contributed by atoms with E-state index in [4.69, 9.17) is 5.11 Å². The summed E-state index contributed by atoms with van der Waals surface area (Å²) in [6, 6.07) is 11.0. The highest BCUT2D eigenvalue weighted by molar-refractivity contribution is 7.99. The van der Waals surface area contributed by atoms with Gasteiger partial charge in [-0.25, -0.2) is 4.79 Å². The third kappa shape index (κ3) is 2.71. The fraction of sp³-hybridized carbons (Fsp3) is 0.143. The smallest absolute Gasteiger partial charge is 0.337 e. The first-order valence-corrected chi connectivity index (χ1v) is 6.62. The summed E-state index contributed by atoms with van der Waals surface area (Å²) in [5, 5.41) is 9.12. The normalized spacial score (nSPS) is 10.3. The molecule has 0 amide bonds. The maximum Gasteiger partial charge on any atom is 0.337 e. The van der Waals surface area contributed by atoms with Crippen LogP contribution < -0.4 is 0 Å². The summed E-state index contributed by atoms with van der Waals surface area (Å²) in [6.07, 6.45) is 1.61. The predicted molar refractivity (Wildman–Crippen MR) is 73.0 cm³/mol. The van der Waals surface area contributed by atoms with Gasteiger partial charge in [0.05, 0.1) is 11.3 Å². The molecule has 0 unspecified atom stereocenters. The van der Waals surface area contributed by atoms with Crippen LogP contribution >= 0.6 is 11.8 Å². The Kier molecular flexibility index (Phi) is 3.99. The van der Waals surface area contributed by atoms with Gasteiger partial charge in [-0.1, -0.05) is 19.1 Å². The Morgan fingerprint density at radius 3 is 2.61 bits per heavy atom. The summed E-state index contributed by atoms with van der Waals surface area (Å²) in [5.41, 5.74) is 1.57. The molecule has 2 rings (SSSR count). The highest BCUT2D eigenvalue weighted by Crippen LogP contribution is 2.25. The highest BCUT2D eigenvalue weighted by Gasteiger charge is 2.11. The molecule has 1 heterocycles. The fourth-order valence-corrected chi connectivity index (χ4v) is 2.35. The molecule has 3 nitrogen and oxygen atoms in total. The molecule has 0 saturated carbocycles.